The Hall–Kier alpha value is -3.66. The summed E-state index contributed by atoms with van der Waals surface area (Å²) in [6.45, 7) is 10.4. The first-order chi connectivity index (χ1) is 19.1. The summed E-state index contributed by atoms with van der Waals surface area (Å²) in [6.07, 6.45) is 5.60. The minimum atomic E-state index is -0.553. The minimum absolute atomic E-state index is 0.0452. The monoisotopic (exact) mass is 548 g/mol. The van der Waals surface area contributed by atoms with Crippen molar-refractivity contribution in [3.05, 3.63) is 53.5 Å². The van der Waals surface area contributed by atoms with Crippen LogP contribution in [-0.2, 0) is 28.9 Å². The maximum Gasteiger partial charge on any atom is 0.407 e. The van der Waals surface area contributed by atoms with Gasteiger partial charge in [0.05, 0.1) is 18.2 Å². The van der Waals surface area contributed by atoms with Gasteiger partial charge in [-0.15, -0.1) is 0 Å². The van der Waals surface area contributed by atoms with E-state index in [9.17, 15) is 9.59 Å². The lowest BCUT2D eigenvalue weighted by molar-refractivity contribution is 0.0480. The van der Waals surface area contributed by atoms with Gasteiger partial charge in [0, 0.05) is 62.2 Å². The van der Waals surface area contributed by atoms with Gasteiger partial charge in [-0.05, 0) is 70.7 Å². The number of aromatic nitrogens is 3. The fraction of sp³-hybridized carbons (Fsp3) is 0.533. The fourth-order valence-electron chi connectivity index (χ4n) is 5.69. The van der Waals surface area contributed by atoms with E-state index < -0.39 is 11.7 Å². The number of hydrogen-bond acceptors (Lipinski definition) is 7. The topological polar surface area (TPSA) is 111 Å². The van der Waals surface area contributed by atoms with E-state index in [-0.39, 0.29) is 23.9 Å². The van der Waals surface area contributed by atoms with E-state index in [2.05, 4.69) is 38.1 Å². The molecule has 1 aliphatic heterocycles. The molecule has 3 atom stereocenters. The smallest absolute Gasteiger partial charge is 0.407 e. The van der Waals surface area contributed by atoms with Gasteiger partial charge in [-0.25, -0.2) is 14.8 Å². The first kappa shape index (κ1) is 27.9. The second-order valence-electron chi connectivity index (χ2n) is 11.8. The zero-order chi connectivity index (χ0) is 28.4. The number of nitrogens with one attached hydrogen (secondary N) is 2. The molecule has 2 amide bonds. The lowest BCUT2D eigenvalue weighted by Crippen LogP contribution is -2.44. The predicted octanol–water partition coefficient (Wildman–Crippen LogP) is 3.71. The number of rotatable bonds is 7. The van der Waals surface area contributed by atoms with Gasteiger partial charge in [-0.1, -0.05) is 6.07 Å². The van der Waals surface area contributed by atoms with Gasteiger partial charge < -0.3 is 29.6 Å². The Morgan fingerprint density at radius 3 is 2.73 bits per heavy atom. The molecular formula is C30H40N6O4. The normalized spacial score (nSPS) is 20.8. The highest BCUT2D eigenvalue weighted by atomic mass is 16.6. The van der Waals surface area contributed by atoms with Crippen molar-refractivity contribution in [3.8, 4) is 0 Å². The molecule has 5 rings (SSSR count). The quantitative estimate of drug-likeness (QED) is 0.463. The molecule has 2 unspecified atom stereocenters. The van der Waals surface area contributed by atoms with Crippen LogP contribution in [0.2, 0.25) is 0 Å². The molecule has 10 heteroatoms. The maximum atomic E-state index is 13.0. The van der Waals surface area contributed by atoms with Gasteiger partial charge in [0.25, 0.3) is 5.91 Å². The Kier molecular flexibility index (Phi) is 7.98. The van der Waals surface area contributed by atoms with Crippen molar-refractivity contribution in [2.24, 2.45) is 5.92 Å². The van der Waals surface area contributed by atoms with Crippen molar-refractivity contribution in [1.29, 1.82) is 0 Å². The first-order valence-corrected chi connectivity index (χ1v) is 14.1. The molecule has 10 nitrogen and oxygen atoms in total. The summed E-state index contributed by atoms with van der Waals surface area (Å²) in [5, 5.41) is 7.20. The van der Waals surface area contributed by atoms with Gasteiger partial charge in [-0.2, -0.15) is 0 Å². The third-order valence-electron chi connectivity index (χ3n) is 7.64. The summed E-state index contributed by atoms with van der Waals surface area (Å²) in [7, 11) is 1.68. The van der Waals surface area contributed by atoms with E-state index in [1.807, 2.05) is 45.2 Å². The minimum Gasteiger partial charge on any atom is -0.444 e. The number of ether oxygens (including phenoxy) is 2. The molecule has 0 saturated carbocycles. The van der Waals surface area contributed by atoms with Gasteiger partial charge in [0.1, 0.15) is 17.1 Å². The largest absolute Gasteiger partial charge is 0.444 e. The number of carbonyl (C=O) groups is 2. The van der Waals surface area contributed by atoms with E-state index >= 15 is 0 Å². The van der Waals surface area contributed by atoms with E-state index in [0.717, 1.165) is 60.5 Å². The van der Waals surface area contributed by atoms with Crippen molar-refractivity contribution in [2.45, 2.75) is 71.2 Å². The van der Waals surface area contributed by atoms with Crippen LogP contribution in [0.15, 0.2) is 36.7 Å². The Balaban J connectivity index is 1.21. The molecule has 0 spiro atoms. The summed E-state index contributed by atoms with van der Waals surface area (Å²) in [6, 6.07) is 8.02. The first-order valence-electron chi connectivity index (χ1n) is 14.1. The number of nitrogens with zero attached hydrogens (tertiary/aromatic N) is 4. The number of aryl methyl sites for hydroxylation is 2. The van der Waals surface area contributed by atoms with Crippen molar-refractivity contribution in [3.63, 3.8) is 0 Å². The van der Waals surface area contributed by atoms with E-state index in [0.29, 0.717) is 18.7 Å². The van der Waals surface area contributed by atoms with E-state index in [1.165, 1.54) is 0 Å². The molecule has 214 valence electrons. The summed E-state index contributed by atoms with van der Waals surface area (Å²) < 4.78 is 13.0. The lowest BCUT2D eigenvalue weighted by atomic mass is 9.91. The van der Waals surface area contributed by atoms with Gasteiger partial charge >= 0.3 is 6.09 Å². The molecule has 2 N–H and O–H groups in total. The van der Waals surface area contributed by atoms with Crippen LogP contribution in [0.25, 0.3) is 11.0 Å². The molecule has 2 aliphatic rings. The predicted molar refractivity (Wildman–Crippen MR) is 154 cm³/mol. The summed E-state index contributed by atoms with van der Waals surface area (Å²) >= 11 is 0. The number of carbonyl (C=O) groups excluding carboxylic acids is 2. The van der Waals surface area contributed by atoms with Crippen molar-refractivity contribution in [1.82, 2.24) is 25.2 Å². The van der Waals surface area contributed by atoms with E-state index in [1.54, 1.807) is 13.3 Å². The van der Waals surface area contributed by atoms with Gasteiger partial charge in [0.15, 0.2) is 0 Å². The maximum absolute atomic E-state index is 13.0. The van der Waals surface area contributed by atoms with Gasteiger partial charge in [-0.3, -0.25) is 4.79 Å². The van der Waals surface area contributed by atoms with Crippen molar-refractivity contribution >= 4 is 28.9 Å². The SMILES string of the molecule is CCn1ccc2cc(C(=O)N[C@H]3CCc4nc(N5CC(COC)C(NC(=O)OC(C)(C)C)C5)ccc4C3)cnc21. The van der Waals surface area contributed by atoms with Crippen molar-refractivity contribution < 1.29 is 19.1 Å². The highest BCUT2D eigenvalue weighted by Crippen LogP contribution is 2.28. The van der Waals surface area contributed by atoms with Gasteiger partial charge in [0.2, 0.25) is 0 Å². The Morgan fingerprint density at radius 2 is 1.98 bits per heavy atom. The number of hydrogen-bond donors (Lipinski definition) is 2. The van der Waals surface area contributed by atoms with E-state index in [4.69, 9.17) is 14.5 Å². The second-order valence-corrected chi connectivity index (χ2v) is 11.8. The van der Waals surface area contributed by atoms with Crippen LogP contribution in [0.3, 0.4) is 0 Å². The molecule has 3 aromatic rings. The molecule has 1 fully saturated rings. The number of fused-ring (bicyclic) bond motifs is 2. The Bertz CT molecular complexity index is 1380. The zero-order valence-electron chi connectivity index (χ0n) is 24.1. The van der Waals surface area contributed by atoms with Crippen LogP contribution >= 0.6 is 0 Å². The average molecular weight is 549 g/mol. The third-order valence-corrected chi connectivity index (χ3v) is 7.64. The third kappa shape index (κ3) is 6.22. The molecule has 0 bridgehead atoms. The van der Waals surface area contributed by atoms with Crippen LogP contribution in [0.1, 0.15) is 55.7 Å². The summed E-state index contributed by atoms with van der Waals surface area (Å²) in [5.41, 5.74) is 3.15. The molecule has 0 aromatic carbocycles. The molecule has 1 aliphatic carbocycles. The van der Waals surface area contributed by atoms with Crippen molar-refractivity contribution in [2.75, 3.05) is 31.7 Å². The summed E-state index contributed by atoms with van der Waals surface area (Å²) in [4.78, 5) is 37.1. The Morgan fingerprint density at radius 1 is 1.15 bits per heavy atom. The molecule has 1 saturated heterocycles. The molecule has 4 heterocycles. The number of anilines is 1. The number of amides is 2. The van der Waals surface area contributed by atoms with Crippen LogP contribution in [0.5, 0.6) is 0 Å². The van der Waals surface area contributed by atoms with Crippen LogP contribution < -0.4 is 15.5 Å². The average Bonchev–Trinajstić information content (AvgIpc) is 3.50. The van der Waals surface area contributed by atoms with Crippen LogP contribution in [0.4, 0.5) is 10.6 Å². The molecular weight excluding hydrogens is 508 g/mol. The Labute approximate surface area is 235 Å². The zero-order valence-corrected chi connectivity index (χ0v) is 24.1. The van der Waals surface area contributed by atoms with Crippen LogP contribution in [0, 0.1) is 5.92 Å². The van der Waals surface area contributed by atoms with Crippen LogP contribution in [-0.4, -0.2) is 71.0 Å². The fourth-order valence-corrected chi connectivity index (χ4v) is 5.69. The number of alkyl carbamates (subject to hydrolysis) is 1. The highest BCUT2D eigenvalue weighted by molar-refractivity contribution is 5.97. The summed E-state index contributed by atoms with van der Waals surface area (Å²) in [5.74, 6) is 0.930. The number of pyridine rings is 2. The molecule has 40 heavy (non-hydrogen) atoms. The molecule has 3 aromatic heterocycles. The number of methoxy groups -OCH3 is 1. The standard InChI is InChI=1S/C30H40N6O4/c1-6-35-12-11-20-13-21(15-31-27(20)35)28(37)32-23-8-9-24-19(14-23)7-10-26(33-24)36-16-22(18-39-5)25(17-36)34-29(38)40-30(2,3)4/h7,10-13,15,22-23,25H,6,8-9,14,16-18H2,1-5H3,(H,32,37)(H,34,38)/t22?,23-,25?/m0/s1. The highest BCUT2D eigenvalue weighted by Gasteiger charge is 2.36. The molecule has 0 radical (unpaired) electrons. The second kappa shape index (κ2) is 11.4. The lowest BCUT2D eigenvalue weighted by Gasteiger charge is -2.27.